The third kappa shape index (κ3) is 3.72. The summed E-state index contributed by atoms with van der Waals surface area (Å²) in [5.41, 5.74) is -0.570. The van der Waals surface area contributed by atoms with Crippen molar-refractivity contribution in [2.75, 3.05) is 10.6 Å². The van der Waals surface area contributed by atoms with E-state index in [0.29, 0.717) is 17.2 Å². The van der Waals surface area contributed by atoms with Gasteiger partial charge in [0.1, 0.15) is 17.1 Å². The van der Waals surface area contributed by atoms with Crippen LogP contribution in [-0.4, -0.2) is 5.11 Å². The molecular formula is C22H15ClN2O4S. The predicted molar refractivity (Wildman–Crippen MR) is 121 cm³/mol. The van der Waals surface area contributed by atoms with Crippen LogP contribution in [0, 0.1) is 0 Å². The van der Waals surface area contributed by atoms with Gasteiger partial charge in [-0.3, -0.25) is 9.59 Å². The van der Waals surface area contributed by atoms with E-state index in [2.05, 4.69) is 23.3 Å². The molecule has 4 aromatic rings. The first kappa shape index (κ1) is 19.9. The first-order chi connectivity index (χ1) is 14.5. The highest BCUT2D eigenvalue weighted by molar-refractivity contribution is 7.80. The summed E-state index contributed by atoms with van der Waals surface area (Å²) in [6.45, 7) is 0. The predicted octanol–water partition coefficient (Wildman–Crippen LogP) is 5.21. The molecule has 0 aliphatic heterocycles. The lowest BCUT2D eigenvalue weighted by molar-refractivity contribution is 0.465. The van der Waals surface area contributed by atoms with Crippen molar-refractivity contribution < 1.29 is 9.84 Å². The molecular weight excluding hydrogens is 424 g/mol. The minimum atomic E-state index is -0.700. The van der Waals surface area contributed by atoms with E-state index >= 15 is 0 Å². The van der Waals surface area contributed by atoms with Gasteiger partial charge in [-0.25, -0.2) is 0 Å². The zero-order valence-corrected chi connectivity index (χ0v) is 17.0. The van der Waals surface area contributed by atoms with Gasteiger partial charge in [-0.15, -0.1) is 12.6 Å². The second-order valence-corrected chi connectivity index (χ2v) is 7.22. The van der Waals surface area contributed by atoms with Crippen LogP contribution in [0.1, 0.15) is 0 Å². The van der Waals surface area contributed by atoms with Crippen LogP contribution in [-0.2, 0) is 0 Å². The number of rotatable bonds is 6. The number of halogens is 1. The van der Waals surface area contributed by atoms with Gasteiger partial charge in [0.15, 0.2) is 11.5 Å². The van der Waals surface area contributed by atoms with Crippen molar-refractivity contribution in [1.82, 2.24) is 0 Å². The highest BCUT2D eigenvalue weighted by Gasteiger charge is 2.23. The summed E-state index contributed by atoms with van der Waals surface area (Å²) in [4.78, 5) is 24.5. The van der Waals surface area contributed by atoms with Crippen LogP contribution in [0.2, 0.25) is 5.02 Å². The molecule has 4 rings (SSSR count). The molecule has 0 amide bonds. The van der Waals surface area contributed by atoms with E-state index in [0.717, 1.165) is 0 Å². The smallest absolute Gasteiger partial charge is 0.253 e. The second-order valence-electron chi connectivity index (χ2n) is 6.36. The van der Waals surface area contributed by atoms with Crippen LogP contribution in [0.15, 0.2) is 81.2 Å². The molecule has 0 saturated carbocycles. The molecule has 0 atom stereocenters. The third-order valence-corrected chi connectivity index (χ3v) is 5.29. The Balaban J connectivity index is 1.64. The van der Waals surface area contributed by atoms with Gasteiger partial charge in [-0.2, -0.15) is 0 Å². The largest absolute Gasteiger partial charge is 0.505 e. The maximum absolute atomic E-state index is 12.2. The van der Waals surface area contributed by atoms with Gasteiger partial charge in [-0.05, 0) is 36.4 Å². The Labute approximate surface area is 181 Å². The Morgan fingerprint density at radius 2 is 1.40 bits per heavy atom. The average molecular weight is 439 g/mol. The van der Waals surface area contributed by atoms with E-state index in [1.807, 2.05) is 18.2 Å². The van der Waals surface area contributed by atoms with Crippen LogP contribution < -0.4 is 26.2 Å². The monoisotopic (exact) mass is 438 g/mol. The van der Waals surface area contributed by atoms with Crippen molar-refractivity contribution >= 4 is 47.0 Å². The van der Waals surface area contributed by atoms with E-state index in [1.165, 1.54) is 12.1 Å². The number of phenolic OH excluding ortho intramolecular Hbond substituents is 1. The van der Waals surface area contributed by atoms with Gasteiger partial charge in [0, 0.05) is 0 Å². The molecule has 0 aliphatic rings. The van der Waals surface area contributed by atoms with E-state index in [-0.39, 0.29) is 32.7 Å². The summed E-state index contributed by atoms with van der Waals surface area (Å²) in [6, 6.07) is 19.2. The first-order valence-corrected chi connectivity index (χ1v) is 9.68. The van der Waals surface area contributed by atoms with Crippen LogP contribution in [0.4, 0.5) is 22.7 Å². The maximum atomic E-state index is 12.2. The summed E-state index contributed by atoms with van der Waals surface area (Å²) in [5.74, 6) is 0.884. The Hall–Kier alpha value is -3.42. The van der Waals surface area contributed by atoms with Gasteiger partial charge in [0.05, 0.1) is 21.3 Å². The fraction of sp³-hybridized carbons (Fsp3) is 0. The molecule has 8 heteroatoms. The molecule has 0 heterocycles. The van der Waals surface area contributed by atoms with Crippen LogP contribution >= 0.6 is 24.2 Å². The van der Waals surface area contributed by atoms with Gasteiger partial charge in [-0.1, -0.05) is 41.9 Å². The van der Waals surface area contributed by atoms with Crippen LogP contribution in [0.3, 0.4) is 0 Å². The van der Waals surface area contributed by atoms with Crippen LogP contribution in [0.5, 0.6) is 17.2 Å². The van der Waals surface area contributed by atoms with Gasteiger partial charge in [0.25, 0.3) is 10.9 Å². The number of anilines is 4. The molecule has 150 valence electrons. The Morgan fingerprint density at radius 1 is 0.800 bits per heavy atom. The summed E-state index contributed by atoms with van der Waals surface area (Å²) >= 11 is 10.1. The van der Waals surface area contributed by atoms with Crippen molar-refractivity contribution in [3.63, 3.8) is 0 Å². The maximum Gasteiger partial charge on any atom is 0.253 e. The molecule has 0 aliphatic carbocycles. The second kappa shape index (κ2) is 8.14. The lowest BCUT2D eigenvalue weighted by Crippen LogP contribution is -2.35. The van der Waals surface area contributed by atoms with Gasteiger partial charge < -0.3 is 20.5 Å². The molecule has 6 nitrogen and oxygen atoms in total. The Kier molecular flexibility index (Phi) is 5.39. The Morgan fingerprint density at radius 3 is 2.10 bits per heavy atom. The van der Waals surface area contributed by atoms with Crippen molar-refractivity contribution in [2.24, 2.45) is 0 Å². The number of hydrogen-bond acceptors (Lipinski definition) is 7. The molecule has 0 saturated heterocycles. The molecule has 0 unspecified atom stereocenters. The van der Waals surface area contributed by atoms with E-state index in [4.69, 9.17) is 16.3 Å². The zero-order valence-electron chi connectivity index (χ0n) is 15.3. The molecule has 0 spiro atoms. The van der Waals surface area contributed by atoms with Gasteiger partial charge >= 0.3 is 0 Å². The van der Waals surface area contributed by atoms with Crippen molar-refractivity contribution in [1.29, 1.82) is 0 Å². The highest BCUT2D eigenvalue weighted by atomic mass is 35.5. The topological polar surface area (TPSA) is 87.7 Å². The number of aromatic hydroxyl groups is 1. The summed E-state index contributed by atoms with van der Waals surface area (Å²) in [7, 11) is 0. The SMILES string of the molecule is O=c1c(Nc2ccccc2Oc2ccccc2)c(Nc2ccc(Cl)c(S)c2O)c1=O. The van der Waals surface area contributed by atoms with Gasteiger partial charge in [0.2, 0.25) is 0 Å². The van der Waals surface area contributed by atoms with Crippen molar-refractivity contribution in [3.8, 4) is 17.2 Å². The van der Waals surface area contributed by atoms with E-state index in [1.54, 1.807) is 36.4 Å². The number of hydrogen-bond donors (Lipinski definition) is 4. The standard InChI is InChI=1S/C22H15ClN2O4S/c23-13-10-11-15(19(26)22(13)30)25-18-17(20(27)21(18)28)24-14-8-4-5-9-16(14)29-12-6-2-1-3-7-12/h1-11,24-26,30H. The van der Waals surface area contributed by atoms with E-state index < -0.39 is 10.9 Å². The zero-order chi connectivity index (χ0) is 21.3. The highest BCUT2D eigenvalue weighted by Crippen LogP contribution is 2.38. The quantitative estimate of drug-likeness (QED) is 0.188. The molecule has 0 aromatic heterocycles. The number of ether oxygens (including phenoxy) is 1. The molecule has 0 radical (unpaired) electrons. The summed E-state index contributed by atoms with van der Waals surface area (Å²) < 4.78 is 5.88. The number of para-hydroxylation sites is 3. The molecule has 0 bridgehead atoms. The average Bonchev–Trinajstić information content (AvgIpc) is 2.77. The summed E-state index contributed by atoms with van der Waals surface area (Å²) in [6.07, 6.45) is 0. The fourth-order valence-electron chi connectivity index (χ4n) is 2.83. The molecule has 0 fully saturated rings. The number of nitrogens with one attached hydrogen (secondary N) is 2. The third-order valence-electron chi connectivity index (χ3n) is 4.39. The number of benzene rings is 3. The number of thiol groups is 1. The van der Waals surface area contributed by atoms with Crippen LogP contribution in [0.25, 0.3) is 0 Å². The Bertz CT molecular complexity index is 1300. The van der Waals surface area contributed by atoms with Crippen molar-refractivity contribution in [3.05, 3.63) is 92.2 Å². The molecule has 30 heavy (non-hydrogen) atoms. The number of phenols is 1. The van der Waals surface area contributed by atoms with Crippen molar-refractivity contribution in [2.45, 2.75) is 4.90 Å². The fourth-order valence-corrected chi connectivity index (χ4v) is 3.18. The lowest BCUT2D eigenvalue weighted by Gasteiger charge is -2.18. The molecule has 3 N–H and O–H groups in total. The minimum absolute atomic E-state index is 0.0277. The minimum Gasteiger partial charge on any atom is -0.505 e. The molecule has 4 aromatic carbocycles. The summed E-state index contributed by atoms with van der Waals surface area (Å²) in [5, 5.41) is 16.2. The first-order valence-electron chi connectivity index (χ1n) is 8.85. The normalized spacial score (nSPS) is 10.7. The van der Waals surface area contributed by atoms with E-state index in [9.17, 15) is 14.7 Å². The lowest BCUT2D eigenvalue weighted by atomic mass is 10.1.